The highest BCUT2D eigenvalue weighted by atomic mass is 32.2. The van der Waals surface area contributed by atoms with Gasteiger partial charge in [0.15, 0.2) is 5.75 Å². The summed E-state index contributed by atoms with van der Waals surface area (Å²) in [5.74, 6) is -0.606. The molecule has 1 unspecified atom stereocenters. The Labute approximate surface area is 164 Å². The predicted octanol–water partition coefficient (Wildman–Crippen LogP) is 3.37. The van der Waals surface area contributed by atoms with Crippen LogP contribution < -0.4 is 4.72 Å². The largest absolute Gasteiger partial charge is 0.502 e. The Morgan fingerprint density at radius 1 is 1.18 bits per heavy atom. The van der Waals surface area contributed by atoms with Gasteiger partial charge >= 0.3 is 5.69 Å². The van der Waals surface area contributed by atoms with Gasteiger partial charge in [0, 0.05) is 6.07 Å². The Bertz CT molecular complexity index is 959. The Morgan fingerprint density at radius 2 is 1.89 bits per heavy atom. The quantitative estimate of drug-likeness (QED) is 0.431. The molecule has 0 aliphatic heterocycles. The summed E-state index contributed by atoms with van der Waals surface area (Å²) >= 11 is 0. The maximum absolute atomic E-state index is 12.7. The van der Waals surface area contributed by atoms with Gasteiger partial charge in [-0.15, -0.1) is 0 Å². The summed E-state index contributed by atoms with van der Waals surface area (Å²) in [6.45, 7) is 3.86. The number of aryl methyl sites for hydroxylation is 2. The van der Waals surface area contributed by atoms with Crippen LogP contribution in [0.1, 0.15) is 37.8 Å². The normalized spacial score (nSPS) is 12.5. The highest BCUT2D eigenvalue weighted by Gasteiger charge is 2.22. The Hall–Kier alpha value is -2.65. The van der Waals surface area contributed by atoms with Crippen LogP contribution in [0.2, 0.25) is 0 Å². The van der Waals surface area contributed by atoms with E-state index in [2.05, 4.69) is 4.72 Å². The lowest BCUT2D eigenvalue weighted by Gasteiger charge is -2.15. The van der Waals surface area contributed by atoms with Crippen LogP contribution in [0, 0.1) is 10.1 Å². The third-order valence-electron chi connectivity index (χ3n) is 4.49. The van der Waals surface area contributed by atoms with Gasteiger partial charge in [-0.05, 0) is 55.0 Å². The van der Waals surface area contributed by atoms with Crippen LogP contribution in [0.15, 0.2) is 41.3 Å². The van der Waals surface area contributed by atoms with Crippen molar-refractivity contribution in [3.63, 3.8) is 0 Å². The number of benzene rings is 2. The van der Waals surface area contributed by atoms with Crippen molar-refractivity contribution in [3.05, 3.63) is 57.6 Å². The molecule has 0 heterocycles. The summed E-state index contributed by atoms with van der Waals surface area (Å²) in [6.07, 6.45) is 1.88. The summed E-state index contributed by atoms with van der Waals surface area (Å²) < 4.78 is 27.9. The number of nitrogens with one attached hydrogen (secondary N) is 1. The fraction of sp³-hybridized carbons (Fsp3) is 0.368. The molecule has 0 saturated carbocycles. The number of aliphatic hydroxyl groups excluding tert-OH is 1. The van der Waals surface area contributed by atoms with Crippen LogP contribution in [-0.4, -0.2) is 29.7 Å². The molecule has 2 aromatic carbocycles. The van der Waals surface area contributed by atoms with Gasteiger partial charge in [-0.2, -0.15) is 0 Å². The van der Waals surface area contributed by atoms with Crippen LogP contribution in [0.5, 0.6) is 5.75 Å². The van der Waals surface area contributed by atoms with E-state index in [4.69, 9.17) is 0 Å². The molecule has 0 fully saturated rings. The third-order valence-corrected chi connectivity index (χ3v) is 5.86. The zero-order valence-corrected chi connectivity index (χ0v) is 16.6. The number of nitro benzene ring substituents is 1. The second-order valence-corrected chi connectivity index (χ2v) is 8.14. The zero-order chi connectivity index (χ0) is 20.9. The van der Waals surface area contributed by atoms with Crippen molar-refractivity contribution in [1.29, 1.82) is 0 Å². The van der Waals surface area contributed by atoms with Gasteiger partial charge < -0.3 is 10.2 Å². The second-order valence-electron chi connectivity index (χ2n) is 6.46. The van der Waals surface area contributed by atoms with E-state index in [0.717, 1.165) is 35.7 Å². The van der Waals surface area contributed by atoms with Gasteiger partial charge in [-0.1, -0.05) is 26.0 Å². The number of sulfonamides is 1. The zero-order valence-electron chi connectivity index (χ0n) is 15.8. The molecule has 0 aliphatic carbocycles. The van der Waals surface area contributed by atoms with E-state index in [0.29, 0.717) is 24.9 Å². The van der Waals surface area contributed by atoms with Crippen molar-refractivity contribution in [1.82, 2.24) is 0 Å². The van der Waals surface area contributed by atoms with E-state index < -0.39 is 32.5 Å². The highest BCUT2D eigenvalue weighted by Crippen LogP contribution is 2.30. The van der Waals surface area contributed by atoms with Crippen LogP contribution in [-0.2, 0) is 22.9 Å². The molecule has 152 valence electrons. The van der Waals surface area contributed by atoms with Crippen molar-refractivity contribution >= 4 is 21.4 Å². The van der Waals surface area contributed by atoms with Crippen LogP contribution in [0.3, 0.4) is 0 Å². The third kappa shape index (κ3) is 5.20. The summed E-state index contributed by atoms with van der Waals surface area (Å²) in [5, 5.41) is 30.3. The van der Waals surface area contributed by atoms with Crippen molar-refractivity contribution in [2.24, 2.45) is 0 Å². The standard InChI is InChI=1S/C19H24N2O6S/c1-3-13-5-9-17(14(11-13)6-7-15(22)4-2)20-28(26,27)16-8-10-19(23)18(12-16)21(24)25/h5,8-12,15,20,22-23H,3-4,6-7H2,1-2H3. The number of anilines is 1. The van der Waals surface area contributed by atoms with E-state index >= 15 is 0 Å². The van der Waals surface area contributed by atoms with Crippen LogP contribution in [0.4, 0.5) is 11.4 Å². The van der Waals surface area contributed by atoms with Gasteiger partial charge in [0.25, 0.3) is 10.0 Å². The van der Waals surface area contributed by atoms with E-state index in [1.54, 1.807) is 12.1 Å². The number of phenols is 1. The lowest BCUT2D eigenvalue weighted by atomic mass is 10.0. The summed E-state index contributed by atoms with van der Waals surface area (Å²) in [6, 6.07) is 8.24. The van der Waals surface area contributed by atoms with E-state index in [1.807, 2.05) is 19.9 Å². The number of aliphatic hydroxyl groups is 1. The molecule has 28 heavy (non-hydrogen) atoms. The van der Waals surface area contributed by atoms with E-state index in [9.17, 15) is 28.7 Å². The summed E-state index contributed by atoms with van der Waals surface area (Å²) in [5.41, 5.74) is 1.44. The van der Waals surface area contributed by atoms with Crippen LogP contribution >= 0.6 is 0 Å². The SMILES string of the molecule is CCc1ccc(NS(=O)(=O)c2ccc(O)c([N+](=O)[O-])c2)c(CCC(O)CC)c1. The first-order chi connectivity index (χ1) is 13.2. The number of nitrogens with zero attached hydrogens (tertiary/aromatic N) is 1. The molecular formula is C19H24N2O6S. The van der Waals surface area contributed by atoms with Crippen molar-refractivity contribution in [2.75, 3.05) is 4.72 Å². The minimum absolute atomic E-state index is 0.323. The first-order valence-electron chi connectivity index (χ1n) is 8.98. The lowest BCUT2D eigenvalue weighted by molar-refractivity contribution is -0.386. The number of hydrogen-bond donors (Lipinski definition) is 3. The van der Waals surface area contributed by atoms with E-state index in [-0.39, 0.29) is 4.90 Å². The maximum Gasteiger partial charge on any atom is 0.312 e. The molecule has 0 aromatic heterocycles. The number of phenolic OH excluding ortho intramolecular Hbond substituents is 1. The maximum atomic E-state index is 12.7. The van der Waals surface area contributed by atoms with Gasteiger partial charge in [0.05, 0.1) is 21.6 Å². The van der Waals surface area contributed by atoms with Crippen molar-refractivity contribution in [2.45, 2.75) is 50.5 Å². The number of nitro groups is 1. The monoisotopic (exact) mass is 408 g/mol. The van der Waals surface area contributed by atoms with Gasteiger partial charge in [0.1, 0.15) is 0 Å². The smallest absolute Gasteiger partial charge is 0.312 e. The van der Waals surface area contributed by atoms with Gasteiger partial charge in [0.2, 0.25) is 0 Å². The highest BCUT2D eigenvalue weighted by molar-refractivity contribution is 7.92. The fourth-order valence-corrected chi connectivity index (χ4v) is 3.84. The minimum atomic E-state index is -4.10. The second kappa shape index (κ2) is 9.03. The molecule has 3 N–H and O–H groups in total. The molecule has 0 spiro atoms. The lowest BCUT2D eigenvalue weighted by Crippen LogP contribution is -2.15. The van der Waals surface area contributed by atoms with Crippen LogP contribution in [0.25, 0.3) is 0 Å². The molecule has 0 aliphatic rings. The molecule has 8 nitrogen and oxygen atoms in total. The van der Waals surface area contributed by atoms with E-state index in [1.165, 1.54) is 0 Å². The van der Waals surface area contributed by atoms with Gasteiger partial charge in [-0.25, -0.2) is 8.42 Å². The Morgan fingerprint density at radius 3 is 2.50 bits per heavy atom. The first-order valence-corrected chi connectivity index (χ1v) is 10.5. The van der Waals surface area contributed by atoms with Crippen molar-refractivity contribution in [3.8, 4) is 5.75 Å². The molecular weight excluding hydrogens is 384 g/mol. The molecule has 0 saturated heterocycles. The molecule has 2 rings (SSSR count). The first kappa shape index (κ1) is 21.6. The average Bonchev–Trinajstić information content (AvgIpc) is 2.66. The molecule has 2 aromatic rings. The number of aromatic hydroxyl groups is 1. The van der Waals surface area contributed by atoms with Gasteiger partial charge in [-0.3, -0.25) is 14.8 Å². The Kier molecular flexibility index (Phi) is 6.98. The fourth-order valence-electron chi connectivity index (χ4n) is 2.72. The molecule has 9 heteroatoms. The molecule has 1 atom stereocenters. The topological polar surface area (TPSA) is 130 Å². The number of rotatable bonds is 9. The average molecular weight is 408 g/mol. The summed E-state index contributed by atoms with van der Waals surface area (Å²) in [7, 11) is -4.10. The molecule has 0 amide bonds. The number of hydrogen-bond acceptors (Lipinski definition) is 6. The molecule has 0 radical (unpaired) electrons. The van der Waals surface area contributed by atoms with Crippen molar-refractivity contribution < 1.29 is 23.6 Å². The predicted molar refractivity (Wildman–Crippen MR) is 106 cm³/mol. The molecule has 0 bridgehead atoms. The minimum Gasteiger partial charge on any atom is -0.502 e. The Balaban J connectivity index is 2.37. The summed E-state index contributed by atoms with van der Waals surface area (Å²) in [4.78, 5) is 9.80.